The third-order valence-corrected chi connectivity index (χ3v) is 2.72. The first-order chi connectivity index (χ1) is 5.83. The fourth-order valence-corrected chi connectivity index (χ4v) is 1.81. The Labute approximate surface area is 75.8 Å². The van der Waals surface area contributed by atoms with E-state index in [1.807, 2.05) is 6.08 Å². The molecule has 0 amide bonds. The Hall–Kier alpha value is -0.300. The van der Waals surface area contributed by atoms with E-state index >= 15 is 0 Å². The van der Waals surface area contributed by atoms with Gasteiger partial charge in [-0.1, -0.05) is 25.8 Å². The summed E-state index contributed by atoms with van der Waals surface area (Å²) in [5, 5.41) is 0. The minimum atomic E-state index is 0.714. The molecule has 0 radical (unpaired) electrons. The molecule has 0 atom stereocenters. The van der Waals surface area contributed by atoms with E-state index in [1.54, 1.807) is 0 Å². The van der Waals surface area contributed by atoms with Crippen molar-refractivity contribution in [2.24, 2.45) is 11.8 Å². The van der Waals surface area contributed by atoms with Gasteiger partial charge in [0.25, 0.3) is 0 Å². The molecule has 0 saturated heterocycles. The fourth-order valence-electron chi connectivity index (χ4n) is 1.81. The molecule has 1 nitrogen and oxygen atoms in total. The van der Waals surface area contributed by atoms with E-state index in [2.05, 4.69) is 13.5 Å². The van der Waals surface area contributed by atoms with Crippen molar-refractivity contribution in [2.75, 3.05) is 13.2 Å². The van der Waals surface area contributed by atoms with Gasteiger partial charge in [0, 0.05) is 6.61 Å². The first kappa shape index (κ1) is 9.79. The number of hydrogen-bond acceptors (Lipinski definition) is 1. The summed E-state index contributed by atoms with van der Waals surface area (Å²) < 4.78 is 5.44. The highest BCUT2D eigenvalue weighted by Gasteiger charge is 2.17. The van der Waals surface area contributed by atoms with Gasteiger partial charge < -0.3 is 4.74 Å². The first-order valence-corrected chi connectivity index (χ1v) is 5.01. The van der Waals surface area contributed by atoms with Gasteiger partial charge in [-0.2, -0.15) is 0 Å². The normalized spacial score (nSPS) is 30.1. The summed E-state index contributed by atoms with van der Waals surface area (Å²) >= 11 is 0. The molecule has 70 valence electrons. The van der Waals surface area contributed by atoms with Crippen LogP contribution in [0.2, 0.25) is 0 Å². The maximum absolute atomic E-state index is 5.44. The molecule has 0 unspecified atom stereocenters. The van der Waals surface area contributed by atoms with Gasteiger partial charge in [-0.25, -0.2) is 0 Å². The SMILES string of the molecule is C=CCOCC1CCC(C)CC1. The molecule has 1 aliphatic carbocycles. The van der Waals surface area contributed by atoms with Crippen molar-refractivity contribution in [1.82, 2.24) is 0 Å². The maximum atomic E-state index is 5.44. The van der Waals surface area contributed by atoms with Crippen molar-refractivity contribution in [1.29, 1.82) is 0 Å². The molecule has 0 N–H and O–H groups in total. The van der Waals surface area contributed by atoms with Gasteiger partial charge in [0.2, 0.25) is 0 Å². The second kappa shape index (κ2) is 5.36. The zero-order valence-corrected chi connectivity index (χ0v) is 8.09. The Kier molecular flexibility index (Phi) is 4.37. The molecular formula is C11H20O. The van der Waals surface area contributed by atoms with Crippen molar-refractivity contribution >= 4 is 0 Å². The molecule has 0 heterocycles. The third-order valence-electron chi connectivity index (χ3n) is 2.72. The summed E-state index contributed by atoms with van der Waals surface area (Å²) in [4.78, 5) is 0. The highest BCUT2D eigenvalue weighted by atomic mass is 16.5. The van der Waals surface area contributed by atoms with Crippen molar-refractivity contribution in [3.05, 3.63) is 12.7 Å². The second-order valence-corrected chi connectivity index (χ2v) is 3.95. The van der Waals surface area contributed by atoms with Gasteiger partial charge in [-0.15, -0.1) is 6.58 Å². The highest BCUT2D eigenvalue weighted by molar-refractivity contribution is 4.70. The summed E-state index contributed by atoms with van der Waals surface area (Å²) in [5.41, 5.74) is 0. The Morgan fingerprint density at radius 1 is 1.33 bits per heavy atom. The molecule has 1 saturated carbocycles. The molecule has 0 aromatic heterocycles. The van der Waals surface area contributed by atoms with E-state index in [-0.39, 0.29) is 0 Å². The van der Waals surface area contributed by atoms with Crippen LogP contribution < -0.4 is 0 Å². The predicted octanol–water partition coefficient (Wildman–Crippen LogP) is 3.02. The topological polar surface area (TPSA) is 9.23 Å². The van der Waals surface area contributed by atoms with Gasteiger partial charge in [0.1, 0.15) is 0 Å². The molecule has 1 aliphatic rings. The fraction of sp³-hybridized carbons (Fsp3) is 0.818. The van der Waals surface area contributed by atoms with Crippen LogP contribution in [0.5, 0.6) is 0 Å². The van der Waals surface area contributed by atoms with E-state index in [0.29, 0.717) is 6.61 Å². The minimum absolute atomic E-state index is 0.714. The smallest absolute Gasteiger partial charge is 0.0644 e. The largest absolute Gasteiger partial charge is 0.377 e. The second-order valence-electron chi connectivity index (χ2n) is 3.95. The Bertz CT molecular complexity index is 123. The van der Waals surface area contributed by atoms with Crippen LogP contribution in [0, 0.1) is 11.8 Å². The number of ether oxygens (including phenoxy) is 1. The van der Waals surface area contributed by atoms with E-state index in [0.717, 1.165) is 18.4 Å². The summed E-state index contributed by atoms with van der Waals surface area (Å²) in [5.74, 6) is 1.77. The average Bonchev–Trinajstić information content (AvgIpc) is 2.09. The average molecular weight is 168 g/mol. The highest BCUT2D eigenvalue weighted by Crippen LogP contribution is 2.28. The monoisotopic (exact) mass is 168 g/mol. The number of hydrogen-bond donors (Lipinski definition) is 0. The van der Waals surface area contributed by atoms with E-state index < -0.39 is 0 Å². The summed E-state index contributed by atoms with van der Waals surface area (Å²) in [6.45, 7) is 7.64. The van der Waals surface area contributed by atoms with E-state index in [1.165, 1.54) is 25.7 Å². The van der Waals surface area contributed by atoms with Crippen LogP contribution in [0.3, 0.4) is 0 Å². The lowest BCUT2D eigenvalue weighted by atomic mass is 9.83. The quantitative estimate of drug-likeness (QED) is 0.463. The molecule has 0 aliphatic heterocycles. The lowest BCUT2D eigenvalue weighted by molar-refractivity contribution is 0.0981. The predicted molar refractivity (Wildman–Crippen MR) is 52.1 cm³/mol. The van der Waals surface area contributed by atoms with Crippen molar-refractivity contribution in [3.8, 4) is 0 Å². The lowest BCUT2D eigenvalue weighted by Gasteiger charge is -2.25. The Morgan fingerprint density at radius 2 is 2.00 bits per heavy atom. The van der Waals surface area contributed by atoms with Crippen molar-refractivity contribution in [3.63, 3.8) is 0 Å². The van der Waals surface area contributed by atoms with Crippen LogP contribution in [0.1, 0.15) is 32.6 Å². The molecule has 1 fully saturated rings. The Balaban J connectivity index is 2.05. The van der Waals surface area contributed by atoms with Crippen molar-refractivity contribution in [2.45, 2.75) is 32.6 Å². The van der Waals surface area contributed by atoms with Crippen LogP contribution in [-0.4, -0.2) is 13.2 Å². The molecule has 0 aromatic carbocycles. The molecule has 1 rings (SSSR count). The van der Waals surface area contributed by atoms with Crippen LogP contribution in [-0.2, 0) is 4.74 Å². The van der Waals surface area contributed by atoms with E-state index in [4.69, 9.17) is 4.74 Å². The molecule has 1 heteroatoms. The molecular weight excluding hydrogens is 148 g/mol. The Morgan fingerprint density at radius 3 is 2.58 bits per heavy atom. The molecule has 0 aromatic rings. The number of rotatable bonds is 4. The van der Waals surface area contributed by atoms with E-state index in [9.17, 15) is 0 Å². The molecule has 0 spiro atoms. The third kappa shape index (κ3) is 3.40. The summed E-state index contributed by atoms with van der Waals surface area (Å²) in [6.07, 6.45) is 7.33. The lowest BCUT2D eigenvalue weighted by Crippen LogP contribution is -2.17. The minimum Gasteiger partial charge on any atom is -0.377 e. The van der Waals surface area contributed by atoms with Gasteiger partial charge >= 0.3 is 0 Å². The van der Waals surface area contributed by atoms with Gasteiger partial charge in [-0.05, 0) is 24.7 Å². The maximum Gasteiger partial charge on any atom is 0.0644 e. The van der Waals surface area contributed by atoms with Crippen LogP contribution in [0.15, 0.2) is 12.7 Å². The van der Waals surface area contributed by atoms with Gasteiger partial charge in [0.05, 0.1) is 6.61 Å². The standard InChI is InChI=1S/C11H20O/c1-3-8-12-9-11-6-4-10(2)5-7-11/h3,10-11H,1,4-9H2,2H3. The zero-order chi connectivity index (χ0) is 8.81. The van der Waals surface area contributed by atoms with Crippen LogP contribution >= 0.6 is 0 Å². The first-order valence-electron chi connectivity index (χ1n) is 5.01. The van der Waals surface area contributed by atoms with Crippen molar-refractivity contribution < 1.29 is 4.74 Å². The summed E-state index contributed by atoms with van der Waals surface area (Å²) in [7, 11) is 0. The molecule has 12 heavy (non-hydrogen) atoms. The van der Waals surface area contributed by atoms with Gasteiger partial charge in [0.15, 0.2) is 0 Å². The van der Waals surface area contributed by atoms with Crippen LogP contribution in [0.25, 0.3) is 0 Å². The van der Waals surface area contributed by atoms with Gasteiger partial charge in [-0.3, -0.25) is 0 Å². The summed E-state index contributed by atoms with van der Waals surface area (Å²) in [6, 6.07) is 0. The molecule has 0 bridgehead atoms. The zero-order valence-electron chi connectivity index (χ0n) is 8.09. The van der Waals surface area contributed by atoms with Crippen LogP contribution in [0.4, 0.5) is 0 Å².